The van der Waals surface area contributed by atoms with E-state index in [1.54, 1.807) is 18.2 Å². The number of aromatic nitrogens is 1. The van der Waals surface area contributed by atoms with Gasteiger partial charge < -0.3 is 21.1 Å². The molecule has 3 atom stereocenters. The van der Waals surface area contributed by atoms with E-state index in [4.69, 9.17) is 5.73 Å². The molecule has 0 saturated heterocycles. The molecule has 0 aliphatic carbocycles. The number of unbranched alkanes of at least 4 members (excludes halogenated alkanes) is 1. The second kappa shape index (κ2) is 18.4. The van der Waals surface area contributed by atoms with E-state index < -0.39 is 48.4 Å². The number of rotatable bonds is 18. The lowest BCUT2D eigenvalue weighted by Gasteiger charge is -2.32. The summed E-state index contributed by atoms with van der Waals surface area (Å²) in [5.74, 6) is -1.95. The smallest absolute Gasteiger partial charge is 0.331 e. The van der Waals surface area contributed by atoms with Crippen molar-refractivity contribution in [3.05, 3.63) is 78.0 Å². The molecule has 0 fully saturated rings. The number of primary amides is 1. The van der Waals surface area contributed by atoms with Gasteiger partial charge >= 0.3 is 6.03 Å². The highest BCUT2D eigenvalue weighted by molar-refractivity contribution is 5.95. The number of amides is 5. The number of aliphatic hydroxyl groups excluding tert-OH is 1. The fourth-order valence-corrected chi connectivity index (χ4v) is 4.77. The summed E-state index contributed by atoms with van der Waals surface area (Å²) in [6.45, 7) is 6.87. The minimum atomic E-state index is -1.26. The number of benzene rings is 2. The number of carbonyl (C=O) groups is 4. The quantitative estimate of drug-likeness (QED) is 0.0814. The van der Waals surface area contributed by atoms with Crippen LogP contribution in [0.4, 0.5) is 4.79 Å². The van der Waals surface area contributed by atoms with Gasteiger partial charge in [0.1, 0.15) is 11.7 Å². The molecule has 1 aromatic heterocycles. The zero-order valence-electron chi connectivity index (χ0n) is 26.7. The number of nitrogens with one attached hydrogen (secondary N) is 5. The Hall–Kier alpha value is -4.59. The molecule has 0 saturated carbocycles. The molecule has 1 heterocycles. The van der Waals surface area contributed by atoms with Gasteiger partial charge in [-0.3, -0.25) is 25.2 Å². The molecule has 0 bridgehead atoms. The lowest BCUT2D eigenvalue weighted by atomic mass is 9.99. The number of carbonyl (C=O) groups excluding carboxylic acids is 4. The average Bonchev–Trinajstić information content (AvgIpc) is 3.03. The Bertz CT molecular complexity index is 1440. The highest BCUT2D eigenvalue weighted by atomic mass is 16.3. The number of nitrogens with zero attached hydrogens (tertiary/aromatic N) is 2. The average molecular weight is 635 g/mol. The highest BCUT2D eigenvalue weighted by Gasteiger charge is 2.30. The van der Waals surface area contributed by atoms with Crippen LogP contribution < -0.4 is 32.8 Å². The topological polar surface area (TPSA) is 191 Å². The van der Waals surface area contributed by atoms with Crippen LogP contribution in [0.1, 0.15) is 56.1 Å². The molecule has 2 aromatic carbocycles. The first-order valence-electron chi connectivity index (χ1n) is 15.6. The predicted octanol–water partition coefficient (Wildman–Crippen LogP) is 1.77. The number of fused-ring (bicyclic) bond motifs is 1. The maximum Gasteiger partial charge on any atom is 0.331 e. The minimum Gasteiger partial charge on any atom is -0.389 e. The van der Waals surface area contributed by atoms with Gasteiger partial charge in [0, 0.05) is 18.5 Å². The van der Waals surface area contributed by atoms with Crippen molar-refractivity contribution < 1.29 is 24.3 Å². The molecule has 46 heavy (non-hydrogen) atoms. The number of hydrogen-bond acceptors (Lipinski definition) is 8. The summed E-state index contributed by atoms with van der Waals surface area (Å²) < 4.78 is 0. The maximum absolute atomic E-state index is 13.5. The molecular formula is C33H46N8O5. The molecule has 0 aliphatic rings. The Labute approximate surface area is 269 Å². The van der Waals surface area contributed by atoms with E-state index in [0.29, 0.717) is 18.6 Å². The highest BCUT2D eigenvalue weighted by Crippen LogP contribution is 2.13. The van der Waals surface area contributed by atoms with Crippen LogP contribution >= 0.6 is 0 Å². The van der Waals surface area contributed by atoms with E-state index in [-0.39, 0.29) is 24.6 Å². The van der Waals surface area contributed by atoms with Crippen molar-refractivity contribution in [1.29, 1.82) is 0 Å². The first-order chi connectivity index (χ1) is 22.1. The molecule has 0 spiro atoms. The number of para-hydroxylation sites is 1. The van der Waals surface area contributed by atoms with Crippen LogP contribution in [-0.2, 0) is 16.0 Å². The van der Waals surface area contributed by atoms with Gasteiger partial charge in [0.25, 0.3) is 5.91 Å². The lowest BCUT2D eigenvalue weighted by Crippen LogP contribution is -2.58. The number of urea groups is 1. The summed E-state index contributed by atoms with van der Waals surface area (Å²) in [4.78, 5) is 57.2. The zero-order valence-corrected chi connectivity index (χ0v) is 26.7. The Balaban J connectivity index is 1.75. The molecule has 5 amide bonds. The molecule has 13 nitrogen and oxygen atoms in total. The second-order valence-corrected chi connectivity index (χ2v) is 11.6. The fourth-order valence-electron chi connectivity index (χ4n) is 4.77. The number of nitrogens with two attached hydrogens (primary N) is 1. The molecule has 8 N–H and O–H groups in total. The lowest BCUT2D eigenvalue weighted by molar-refractivity contribution is -0.128. The van der Waals surface area contributed by atoms with E-state index in [9.17, 15) is 24.3 Å². The van der Waals surface area contributed by atoms with Crippen LogP contribution in [0.2, 0.25) is 0 Å². The van der Waals surface area contributed by atoms with E-state index in [1.165, 1.54) is 4.90 Å². The first kappa shape index (κ1) is 35.9. The van der Waals surface area contributed by atoms with Crippen LogP contribution in [0.3, 0.4) is 0 Å². The molecule has 13 heteroatoms. The molecule has 3 aromatic rings. The largest absolute Gasteiger partial charge is 0.389 e. The first-order valence-corrected chi connectivity index (χ1v) is 15.6. The monoisotopic (exact) mass is 634 g/mol. The SMILES string of the molecule is CCCCNNC(=O)N(CC(C)C)CC(O)[C@H](Cc1ccccc1)NC(=O)[C@H](CC(N)=O)NNC(=O)c1ccc2ccccc2n1. The van der Waals surface area contributed by atoms with Gasteiger partial charge in [-0.05, 0) is 36.5 Å². The standard InChI is InChI=1S/C33H46N8O5/c1-4-5-17-35-40-33(46)41(20-22(2)3)21-29(42)27(18-23-11-7-6-8-12-23)37-31(44)28(19-30(34)43)38-39-32(45)26-16-15-24-13-9-10-14-25(24)36-26/h6-16,22,27-29,35,38,42H,4-5,17-21H2,1-3H3,(H2,34,43)(H,37,44)(H,39,45)(H,40,46)/t27-,28-,29?/m0/s1. The van der Waals surface area contributed by atoms with Gasteiger partial charge in [-0.15, -0.1) is 0 Å². The molecule has 248 valence electrons. The third kappa shape index (κ3) is 11.7. The predicted molar refractivity (Wildman–Crippen MR) is 176 cm³/mol. The third-order valence-electron chi connectivity index (χ3n) is 7.13. The zero-order chi connectivity index (χ0) is 33.5. The van der Waals surface area contributed by atoms with E-state index >= 15 is 0 Å². The Morgan fingerprint density at radius 1 is 0.935 bits per heavy atom. The van der Waals surface area contributed by atoms with Crippen LogP contribution in [0.25, 0.3) is 10.9 Å². The van der Waals surface area contributed by atoms with Gasteiger partial charge in [-0.1, -0.05) is 81.8 Å². The van der Waals surface area contributed by atoms with Crippen molar-refractivity contribution >= 4 is 34.7 Å². The van der Waals surface area contributed by atoms with Crippen molar-refractivity contribution in [2.45, 2.75) is 64.6 Å². The molecule has 0 radical (unpaired) electrons. The molecular weight excluding hydrogens is 588 g/mol. The summed E-state index contributed by atoms with van der Waals surface area (Å²) in [5.41, 5.74) is 17.6. The number of pyridine rings is 1. The fraction of sp³-hybridized carbons (Fsp3) is 0.424. The van der Waals surface area contributed by atoms with Crippen molar-refractivity contribution in [3.8, 4) is 0 Å². The third-order valence-corrected chi connectivity index (χ3v) is 7.13. The van der Waals surface area contributed by atoms with Gasteiger partial charge in [0.15, 0.2) is 0 Å². The van der Waals surface area contributed by atoms with Crippen LogP contribution in [-0.4, -0.2) is 76.6 Å². The molecule has 1 unspecified atom stereocenters. The number of hydrogen-bond donors (Lipinski definition) is 7. The second-order valence-electron chi connectivity index (χ2n) is 11.6. The van der Waals surface area contributed by atoms with Crippen LogP contribution in [0.5, 0.6) is 0 Å². The van der Waals surface area contributed by atoms with Gasteiger partial charge in [0.05, 0.1) is 30.6 Å². The minimum absolute atomic E-state index is 0.0739. The summed E-state index contributed by atoms with van der Waals surface area (Å²) in [6, 6.07) is 17.4. The van der Waals surface area contributed by atoms with Crippen molar-refractivity contribution in [3.63, 3.8) is 0 Å². The molecule has 3 rings (SSSR count). The van der Waals surface area contributed by atoms with Crippen molar-refractivity contribution in [2.24, 2.45) is 11.7 Å². The Morgan fingerprint density at radius 3 is 2.35 bits per heavy atom. The number of hydrazine groups is 2. The summed E-state index contributed by atoms with van der Waals surface area (Å²) in [5, 5.41) is 15.1. The Morgan fingerprint density at radius 2 is 1.65 bits per heavy atom. The maximum atomic E-state index is 13.5. The van der Waals surface area contributed by atoms with Crippen LogP contribution in [0, 0.1) is 5.92 Å². The van der Waals surface area contributed by atoms with Crippen LogP contribution in [0.15, 0.2) is 66.7 Å². The summed E-state index contributed by atoms with van der Waals surface area (Å²) >= 11 is 0. The normalized spacial score (nSPS) is 13.1. The van der Waals surface area contributed by atoms with E-state index in [1.807, 2.05) is 69.3 Å². The number of aliphatic hydroxyl groups is 1. The van der Waals surface area contributed by atoms with Crippen molar-refractivity contribution in [1.82, 2.24) is 36.9 Å². The van der Waals surface area contributed by atoms with Crippen molar-refractivity contribution in [2.75, 3.05) is 19.6 Å². The van der Waals surface area contributed by atoms with Gasteiger partial charge in [-0.2, -0.15) is 0 Å². The van der Waals surface area contributed by atoms with E-state index in [0.717, 1.165) is 23.8 Å². The van der Waals surface area contributed by atoms with Gasteiger partial charge in [0.2, 0.25) is 11.8 Å². The van der Waals surface area contributed by atoms with E-state index in [2.05, 4.69) is 32.0 Å². The summed E-state index contributed by atoms with van der Waals surface area (Å²) in [7, 11) is 0. The molecule has 0 aliphatic heterocycles. The Kier molecular flexibility index (Phi) is 14.4. The van der Waals surface area contributed by atoms with Gasteiger partial charge in [-0.25, -0.2) is 20.6 Å². The summed E-state index contributed by atoms with van der Waals surface area (Å²) in [6.07, 6.45) is 0.466.